The summed E-state index contributed by atoms with van der Waals surface area (Å²) in [6.45, 7) is 6.74. The van der Waals surface area contributed by atoms with Gasteiger partial charge in [-0.25, -0.2) is 0 Å². The van der Waals surface area contributed by atoms with E-state index in [1.165, 1.54) is 0 Å². The molecule has 0 amide bonds. The average molecular weight is 446 g/mol. The van der Waals surface area contributed by atoms with Gasteiger partial charge in [0, 0.05) is 45.0 Å². The first kappa shape index (κ1) is 24.7. The van der Waals surface area contributed by atoms with Crippen molar-refractivity contribution >= 4 is 16.7 Å². The Labute approximate surface area is 179 Å². The number of carbonyl (C=O) groups is 1. The van der Waals surface area contributed by atoms with Crippen LogP contribution in [-0.2, 0) is 26.8 Å². The summed E-state index contributed by atoms with van der Waals surface area (Å²) in [7, 11) is 2.24. The van der Waals surface area contributed by atoms with E-state index in [0.717, 1.165) is 18.4 Å². The third kappa shape index (κ3) is 6.01. The van der Waals surface area contributed by atoms with E-state index in [4.69, 9.17) is 14.6 Å². The number of ether oxygens (including phenoxy) is 1. The molecule has 0 saturated carbocycles. The first-order chi connectivity index (χ1) is 14.0. The lowest BCUT2D eigenvalue weighted by Crippen LogP contribution is -2.56. The maximum absolute atomic E-state index is 13.5. The zero-order chi connectivity index (χ0) is 22.5. The van der Waals surface area contributed by atoms with E-state index in [9.17, 15) is 8.42 Å². The normalized spacial score (nSPS) is 25.5. The van der Waals surface area contributed by atoms with Crippen molar-refractivity contribution in [1.29, 1.82) is 0 Å². The van der Waals surface area contributed by atoms with Gasteiger partial charge in [-0.15, -0.1) is 0 Å². The van der Waals surface area contributed by atoms with Gasteiger partial charge in [0.25, 0.3) is 16.7 Å². The molecular formula is C19H35N5O5S. The molecule has 1 aromatic heterocycles. The highest BCUT2D eigenvalue weighted by molar-refractivity contribution is 7.86. The Morgan fingerprint density at radius 3 is 2.40 bits per heavy atom. The number of aryl methyl sites for hydroxylation is 1. The molecule has 10 nitrogen and oxygen atoms in total. The number of piperidine rings is 1. The highest BCUT2D eigenvalue weighted by atomic mass is 32.2. The van der Waals surface area contributed by atoms with Crippen molar-refractivity contribution in [1.82, 2.24) is 23.3 Å². The molecule has 1 aromatic rings. The Kier molecular flexibility index (Phi) is 8.40. The summed E-state index contributed by atoms with van der Waals surface area (Å²) in [6, 6.07) is -0.366. The molecule has 172 valence electrons. The molecule has 30 heavy (non-hydrogen) atoms. The molecule has 2 aliphatic rings. The van der Waals surface area contributed by atoms with Crippen LogP contribution in [0.3, 0.4) is 0 Å². The zero-order valence-electron chi connectivity index (χ0n) is 18.6. The number of likely N-dealkylation sites (N-methyl/N-ethyl adjacent to an activating group) is 1. The lowest BCUT2D eigenvalue weighted by molar-refractivity contribution is -0.122. The highest BCUT2D eigenvalue weighted by Gasteiger charge is 2.44. The summed E-state index contributed by atoms with van der Waals surface area (Å²) >= 11 is 0. The maximum Gasteiger partial charge on any atom is 0.290 e. The molecule has 3 heterocycles. The van der Waals surface area contributed by atoms with Gasteiger partial charge < -0.3 is 14.7 Å². The average Bonchev–Trinajstić information content (AvgIpc) is 3.07. The molecule has 0 aliphatic carbocycles. The predicted octanol–water partition coefficient (Wildman–Crippen LogP) is 0.791. The van der Waals surface area contributed by atoms with E-state index in [-0.39, 0.29) is 24.0 Å². The standard InChI is InChI=1S/C18H33N5O3S.CH2O2/c1-18(2)6-8-22(9-7-18)27(24,25)23-10-11-26-16(14-20(3)4)17(23)15-12-19-21(5)13-15;2-1-3/h12-13,16-17H,6-11,14H2,1-5H3;1H,(H,2,3)/t16-,17-;/m0./s1. The summed E-state index contributed by atoms with van der Waals surface area (Å²) < 4.78 is 38.1. The van der Waals surface area contributed by atoms with Crippen molar-refractivity contribution in [3.8, 4) is 0 Å². The van der Waals surface area contributed by atoms with Crippen molar-refractivity contribution in [2.24, 2.45) is 12.5 Å². The van der Waals surface area contributed by atoms with Crippen molar-refractivity contribution in [3.05, 3.63) is 18.0 Å². The van der Waals surface area contributed by atoms with Crippen LogP contribution >= 0.6 is 0 Å². The summed E-state index contributed by atoms with van der Waals surface area (Å²) in [4.78, 5) is 10.4. The third-order valence-electron chi connectivity index (χ3n) is 5.62. The molecule has 1 N–H and O–H groups in total. The molecular weight excluding hydrogens is 410 g/mol. The lowest BCUT2D eigenvalue weighted by Gasteiger charge is -2.44. The first-order valence-electron chi connectivity index (χ1n) is 10.1. The van der Waals surface area contributed by atoms with E-state index >= 15 is 0 Å². The van der Waals surface area contributed by atoms with Crippen LogP contribution in [0.5, 0.6) is 0 Å². The van der Waals surface area contributed by atoms with Gasteiger partial charge in [-0.3, -0.25) is 9.48 Å². The topological polar surface area (TPSA) is 108 Å². The Balaban J connectivity index is 0.00000101. The lowest BCUT2D eigenvalue weighted by atomic mass is 9.83. The number of rotatable bonds is 5. The van der Waals surface area contributed by atoms with Crippen LogP contribution in [-0.4, -0.2) is 96.3 Å². The van der Waals surface area contributed by atoms with E-state index < -0.39 is 10.2 Å². The van der Waals surface area contributed by atoms with Gasteiger partial charge in [-0.05, 0) is 32.4 Å². The van der Waals surface area contributed by atoms with Gasteiger partial charge in [0.1, 0.15) is 0 Å². The Morgan fingerprint density at radius 2 is 1.90 bits per heavy atom. The first-order valence-corrected chi connectivity index (χ1v) is 11.5. The van der Waals surface area contributed by atoms with E-state index in [2.05, 4.69) is 18.9 Å². The number of morpholine rings is 1. The second kappa shape index (κ2) is 10.2. The van der Waals surface area contributed by atoms with Crippen LogP contribution in [0.4, 0.5) is 0 Å². The minimum atomic E-state index is -3.56. The van der Waals surface area contributed by atoms with Crippen LogP contribution in [0.1, 0.15) is 38.3 Å². The van der Waals surface area contributed by atoms with Gasteiger partial charge in [-0.2, -0.15) is 22.1 Å². The van der Waals surface area contributed by atoms with E-state index in [1.54, 1.807) is 19.5 Å². The zero-order valence-corrected chi connectivity index (χ0v) is 19.4. The maximum atomic E-state index is 13.5. The van der Waals surface area contributed by atoms with Crippen LogP contribution in [0.15, 0.2) is 12.4 Å². The monoisotopic (exact) mass is 445 g/mol. The number of hydrogen-bond donors (Lipinski definition) is 1. The third-order valence-corrected chi connectivity index (χ3v) is 7.64. The van der Waals surface area contributed by atoms with Gasteiger partial charge in [0.15, 0.2) is 0 Å². The van der Waals surface area contributed by atoms with E-state index in [0.29, 0.717) is 32.8 Å². The Hall–Kier alpha value is -1.53. The molecule has 2 fully saturated rings. The van der Waals surface area contributed by atoms with Crippen LogP contribution in [0.2, 0.25) is 0 Å². The summed E-state index contributed by atoms with van der Waals surface area (Å²) in [5.74, 6) is 0. The van der Waals surface area contributed by atoms with Crippen molar-refractivity contribution in [3.63, 3.8) is 0 Å². The van der Waals surface area contributed by atoms with Gasteiger partial charge in [0.05, 0.1) is 24.9 Å². The molecule has 11 heteroatoms. The summed E-state index contributed by atoms with van der Waals surface area (Å²) in [5.41, 5.74) is 1.08. The minimum Gasteiger partial charge on any atom is -0.483 e. The van der Waals surface area contributed by atoms with Crippen molar-refractivity contribution < 1.29 is 23.1 Å². The second-order valence-electron chi connectivity index (χ2n) is 8.85. The molecule has 0 bridgehead atoms. The summed E-state index contributed by atoms with van der Waals surface area (Å²) in [6.07, 6.45) is 5.19. The van der Waals surface area contributed by atoms with Crippen molar-refractivity contribution in [2.75, 3.05) is 46.9 Å². The molecule has 0 aromatic carbocycles. The van der Waals surface area contributed by atoms with Gasteiger partial charge in [0.2, 0.25) is 0 Å². The Bertz CT molecular complexity index is 785. The quantitative estimate of drug-likeness (QED) is 0.668. The van der Waals surface area contributed by atoms with E-state index in [1.807, 2.05) is 32.2 Å². The molecule has 0 unspecified atom stereocenters. The van der Waals surface area contributed by atoms with Gasteiger partial charge in [-0.1, -0.05) is 13.8 Å². The molecule has 0 radical (unpaired) electrons. The van der Waals surface area contributed by atoms with Crippen molar-refractivity contribution in [2.45, 2.75) is 38.8 Å². The molecule has 3 rings (SSSR count). The second-order valence-corrected chi connectivity index (χ2v) is 10.7. The van der Waals surface area contributed by atoms with Crippen LogP contribution < -0.4 is 0 Å². The van der Waals surface area contributed by atoms with Gasteiger partial charge >= 0.3 is 0 Å². The number of hydrogen-bond acceptors (Lipinski definition) is 6. The highest BCUT2D eigenvalue weighted by Crippen LogP contribution is 2.36. The molecule has 2 atom stereocenters. The van der Waals surface area contributed by atoms with Crippen LogP contribution in [0, 0.1) is 5.41 Å². The molecule has 2 aliphatic heterocycles. The fourth-order valence-corrected chi connectivity index (χ4v) is 5.72. The fraction of sp³-hybridized carbons (Fsp3) is 0.789. The number of nitrogens with zero attached hydrogens (tertiary/aromatic N) is 5. The SMILES string of the molecule is CN(C)C[C@@H]1OCCN(S(=O)(=O)N2CCC(C)(C)CC2)[C@H]1c1cnn(C)c1.O=CO. The Morgan fingerprint density at radius 1 is 1.30 bits per heavy atom. The number of carboxylic acid groups (broad SMARTS) is 1. The number of aromatic nitrogens is 2. The minimum absolute atomic E-state index is 0.202. The molecule has 0 spiro atoms. The predicted molar refractivity (Wildman–Crippen MR) is 113 cm³/mol. The van der Waals surface area contributed by atoms with Crippen LogP contribution in [0.25, 0.3) is 0 Å². The fourth-order valence-electron chi connectivity index (χ4n) is 3.93. The largest absolute Gasteiger partial charge is 0.483 e. The molecule has 2 saturated heterocycles. The smallest absolute Gasteiger partial charge is 0.290 e. The summed E-state index contributed by atoms with van der Waals surface area (Å²) in [5, 5.41) is 11.2.